The zero-order valence-electron chi connectivity index (χ0n) is 24.6. The topological polar surface area (TPSA) is 73.3 Å². The standard InChI is InChI=1S/C26H28N3.C8H7N4.Ir/c1-26(2,3)15-18-16-29-22-14-17-8-6-12-28-13-7-11-21(24(17)28)23(22)19-9-4-5-10-20(19)25(29)27-18;1-6-10-8(12-11-6)7-4-2-3-5-9-7;/h4-5,9,14,16H,6-8,11-13,15H2,1-3H3;2-5H,1H3;/q2*-1;. The summed E-state index contributed by atoms with van der Waals surface area (Å²) in [5.74, 6) is 1.27. The van der Waals surface area contributed by atoms with Gasteiger partial charge in [-0.3, -0.25) is 15.1 Å². The number of nitrogens with zero attached hydrogens (tertiary/aromatic N) is 7. The number of hydrogen-bond acceptors (Lipinski definition) is 5. The Bertz CT molecular complexity index is 1880. The first kappa shape index (κ1) is 28.5. The zero-order chi connectivity index (χ0) is 28.1. The Labute approximate surface area is 260 Å². The fraction of sp³-hybridized carbons (Fsp3) is 0.353. The van der Waals surface area contributed by atoms with Crippen LogP contribution in [0.3, 0.4) is 0 Å². The number of benzene rings is 2. The molecule has 8 rings (SSSR count). The molecule has 7 nitrogen and oxygen atoms in total. The van der Waals surface area contributed by atoms with E-state index in [0.717, 1.165) is 23.1 Å². The number of pyridine rings is 2. The van der Waals surface area contributed by atoms with E-state index in [1.165, 1.54) is 72.0 Å². The van der Waals surface area contributed by atoms with Crippen molar-refractivity contribution in [1.82, 2.24) is 29.5 Å². The predicted molar refractivity (Wildman–Crippen MR) is 164 cm³/mol. The van der Waals surface area contributed by atoms with Gasteiger partial charge in [-0.15, -0.1) is 29.7 Å². The molecule has 2 aliphatic rings. The second-order valence-corrected chi connectivity index (χ2v) is 12.5. The SMILES string of the molecule is CC(C)(C)Cc1cn2c3cc4c5c(c3c3ccc[c-]c3c2n1)CCCN5CCC4.Cc1n[n-]c(-c2ccccn2)n1.[Ir]. The molecule has 0 unspecified atom stereocenters. The summed E-state index contributed by atoms with van der Waals surface area (Å²) in [6, 6.07) is 18.0. The molecule has 0 saturated heterocycles. The molecule has 0 saturated carbocycles. The van der Waals surface area contributed by atoms with Gasteiger partial charge < -0.3 is 19.4 Å². The summed E-state index contributed by atoms with van der Waals surface area (Å²) in [5, 5.41) is 11.5. The van der Waals surface area contributed by atoms with E-state index in [4.69, 9.17) is 4.98 Å². The number of aryl methyl sites for hydroxylation is 3. The molecular formula is C34H35IrN7-2. The maximum absolute atomic E-state index is 5.09. The van der Waals surface area contributed by atoms with Gasteiger partial charge in [0.05, 0.1) is 11.3 Å². The molecule has 0 fully saturated rings. The van der Waals surface area contributed by atoms with Crippen LogP contribution in [0.5, 0.6) is 0 Å². The summed E-state index contributed by atoms with van der Waals surface area (Å²) in [7, 11) is 0. The van der Waals surface area contributed by atoms with Crippen molar-refractivity contribution in [2.45, 2.75) is 59.8 Å². The minimum absolute atomic E-state index is 0. The molecule has 42 heavy (non-hydrogen) atoms. The number of imidazole rings is 1. The molecular weight excluding hydrogens is 699 g/mol. The third kappa shape index (κ3) is 5.23. The third-order valence-corrected chi connectivity index (χ3v) is 8.03. The first-order valence-corrected chi connectivity index (χ1v) is 14.6. The molecule has 6 aromatic rings. The van der Waals surface area contributed by atoms with Crippen LogP contribution < -0.4 is 10.00 Å². The molecule has 0 amide bonds. The second-order valence-electron chi connectivity index (χ2n) is 12.5. The van der Waals surface area contributed by atoms with Crippen LogP contribution in [0.15, 0.2) is 54.9 Å². The monoisotopic (exact) mass is 734 g/mol. The van der Waals surface area contributed by atoms with Crippen molar-refractivity contribution in [3.05, 3.63) is 83.6 Å². The van der Waals surface area contributed by atoms with Crippen molar-refractivity contribution in [3.8, 4) is 11.5 Å². The van der Waals surface area contributed by atoms with Crippen LogP contribution in [-0.2, 0) is 39.4 Å². The molecule has 0 spiro atoms. The van der Waals surface area contributed by atoms with Gasteiger partial charge in [0.15, 0.2) is 0 Å². The van der Waals surface area contributed by atoms with Crippen molar-refractivity contribution in [2.24, 2.45) is 5.41 Å². The molecule has 6 heterocycles. The Morgan fingerprint density at radius 1 is 1.02 bits per heavy atom. The van der Waals surface area contributed by atoms with Crippen molar-refractivity contribution in [3.63, 3.8) is 0 Å². The Morgan fingerprint density at radius 3 is 2.60 bits per heavy atom. The summed E-state index contributed by atoms with van der Waals surface area (Å²) in [6.45, 7) is 11.1. The Morgan fingerprint density at radius 2 is 1.86 bits per heavy atom. The predicted octanol–water partition coefficient (Wildman–Crippen LogP) is 6.53. The molecule has 217 valence electrons. The summed E-state index contributed by atoms with van der Waals surface area (Å²) in [4.78, 5) is 15.9. The average Bonchev–Trinajstić information content (AvgIpc) is 3.60. The van der Waals surface area contributed by atoms with Crippen LogP contribution in [0, 0.1) is 18.4 Å². The van der Waals surface area contributed by atoms with E-state index in [2.05, 4.69) is 80.7 Å². The van der Waals surface area contributed by atoms with Gasteiger partial charge in [0.25, 0.3) is 0 Å². The average molecular weight is 734 g/mol. The van der Waals surface area contributed by atoms with Crippen LogP contribution in [-0.4, -0.2) is 37.5 Å². The van der Waals surface area contributed by atoms with Crippen molar-refractivity contribution in [2.75, 3.05) is 18.0 Å². The van der Waals surface area contributed by atoms with Gasteiger partial charge >= 0.3 is 0 Å². The number of aromatic nitrogens is 6. The summed E-state index contributed by atoms with van der Waals surface area (Å²) in [6.07, 6.45) is 9.86. The van der Waals surface area contributed by atoms with Gasteiger partial charge in [0.2, 0.25) is 0 Å². The summed E-state index contributed by atoms with van der Waals surface area (Å²) < 4.78 is 2.36. The third-order valence-electron chi connectivity index (χ3n) is 8.03. The van der Waals surface area contributed by atoms with E-state index in [9.17, 15) is 0 Å². The van der Waals surface area contributed by atoms with Crippen LogP contribution in [0.2, 0.25) is 0 Å². The van der Waals surface area contributed by atoms with Crippen LogP contribution in [0.4, 0.5) is 5.69 Å². The Kier molecular flexibility index (Phi) is 7.62. The fourth-order valence-corrected chi connectivity index (χ4v) is 6.50. The van der Waals surface area contributed by atoms with Gasteiger partial charge in [0.1, 0.15) is 0 Å². The van der Waals surface area contributed by atoms with Crippen LogP contribution in [0.1, 0.15) is 56.3 Å². The first-order chi connectivity index (χ1) is 19.9. The van der Waals surface area contributed by atoms with E-state index in [-0.39, 0.29) is 25.5 Å². The van der Waals surface area contributed by atoms with Crippen molar-refractivity contribution >= 4 is 33.0 Å². The largest absolute Gasteiger partial charge is 0.421 e. The van der Waals surface area contributed by atoms with E-state index < -0.39 is 0 Å². The van der Waals surface area contributed by atoms with Crippen molar-refractivity contribution < 1.29 is 20.1 Å². The molecule has 1 radical (unpaired) electrons. The van der Waals surface area contributed by atoms with Gasteiger partial charge in [-0.25, -0.2) is 0 Å². The molecule has 0 atom stereocenters. The van der Waals surface area contributed by atoms with E-state index in [0.29, 0.717) is 11.6 Å². The smallest absolute Gasteiger partial charge is 0.0634 e. The molecule has 0 bridgehead atoms. The number of anilines is 1. The zero-order valence-corrected chi connectivity index (χ0v) is 27.0. The van der Waals surface area contributed by atoms with Crippen LogP contribution in [0.25, 0.3) is 38.8 Å². The molecule has 0 aliphatic carbocycles. The normalized spacial score (nSPS) is 14.4. The van der Waals surface area contributed by atoms with Gasteiger partial charge in [-0.05, 0) is 85.0 Å². The van der Waals surface area contributed by atoms with Gasteiger partial charge in [0, 0.05) is 68.3 Å². The van der Waals surface area contributed by atoms with Crippen LogP contribution >= 0.6 is 0 Å². The van der Waals surface area contributed by atoms with E-state index in [1.807, 2.05) is 24.3 Å². The minimum Gasteiger partial charge on any atom is -0.421 e. The number of fused-ring (bicyclic) bond motifs is 7. The molecule has 8 heteroatoms. The Balaban J connectivity index is 0.000000205. The number of rotatable bonds is 2. The van der Waals surface area contributed by atoms with E-state index >= 15 is 0 Å². The second kappa shape index (κ2) is 11.2. The maximum Gasteiger partial charge on any atom is 0.0634 e. The van der Waals surface area contributed by atoms with Gasteiger partial charge in [-0.2, -0.15) is 0 Å². The first-order valence-electron chi connectivity index (χ1n) is 14.6. The molecule has 4 aromatic heterocycles. The van der Waals surface area contributed by atoms with Crippen molar-refractivity contribution in [1.29, 1.82) is 0 Å². The number of hydrogen-bond donors (Lipinski definition) is 0. The summed E-state index contributed by atoms with van der Waals surface area (Å²) >= 11 is 0. The van der Waals surface area contributed by atoms with Gasteiger partial charge in [-0.1, -0.05) is 32.2 Å². The Hall–Kier alpha value is -3.61. The molecule has 2 aliphatic heterocycles. The minimum atomic E-state index is 0. The summed E-state index contributed by atoms with van der Waals surface area (Å²) in [5.41, 5.74) is 9.18. The molecule has 2 aromatic carbocycles. The quantitative estimate of drug-likeness (QED) is 0.149. The fourth-order valence-electron chi connectivity index (χ4n) is 6.50. The molecule has 0 N–H and O–H groups in total. The maximum atomic E-state index is 5.09. The van der Waals surface area contributed by atoms with E-state index in [1.54, 1.807) is 18.7 Å².